The van der Waals surface area contributed by atoms with E-state index in [-0.39, 0.29) is 23.4 Å². The van der Waals surface area contributed by atoms with Crippen molar-refractivity contribution in [3.05, 3.63) is 12.7 Å². The largest absolute Gasteiger partial charge is 0.378 e. The predicted octanol–water partition coefficient (Wildman–Crippen LogP) is 1.69. The maximum atomic E-state index is 12.4. The Morgan fingerprint density at radius 2 is 2.29 bits per heavy atom. The third-order valence-electron chi connectivity index (χ3n) is 5.22. The molecule has 1 aromatic heterocycles. The van der Waals surface area contributed by atoms with E-state index in [1.807, 2.05) is 13.8 Å². The fourth-order valence-corrected chi connectivity index (χ4v) is 3.92. The van der Waals surface area contributed by atoms with Gasteiger partial charge < -0.3 is 10.1 Å². The molecule has 6 heteroatoms. The van der Waals surface area contributed by atoms with Crippen LogP contribution in [0.15, 0.2) is 12.7 Å². The number of carbonyl (C=O) groups excluding carboxylic acids is 1. The average molecular weight is 292 g/mol. The van der Waals surface area contributed by atoms with E-state index in [9.17, 15) is 4.79 Å². The Morgan fingerprint density at radius 1 is 1.52 bits per heavy atom. The summed E-state index contributed by atoms with van der Waals surface area (Å²) in [7, 11) is 0. The molecule has 2 aliphatic carbocycles. The number of rotatable bonds is 5. The zero-order chi connectivity index (χ0) is 14.9. The van der Waals surface area contributed by atoms with Gasteiger partial charge in [-0.3, -0.25) is 4.79 Å². The Balaban J connectivity index is 1.64. The van der Waals surface area contributed by atoms with Crippen LogP contribution in [-0.2, 0) is 9.53 Å². The summed E-state index contributed by atoms with van der Waals surface area (Å²) in [6, 6.07) is -0.0767. The molecule has 1 N–H and O–H groups in total. The first-order chi connectivity index (χ1) is 10.2. The van der Waals surface area contributed by atoms with E-state index in [2.05, 4.69) is 15.4 Å². The van der Waals surface area contributed by atoms with Gasteiger partial charge in [-0.2, -0.15) is 5.10 Å². The highest BCUT2D eigenvalue weighted by molar-refractivity contribution is 5.80. The summed E-state index contributed by atoms with van der Waals surface area (Å²) in [4.78, 5) is 16.3. The standard InChI is InChI=1S/C15H24N4O2/c1-3-21-13-8-12(15(13)6-4-5-7-15)18-14(20)11(2)19-10-16-9-17-19/h9-13H,3-8H2,1-2H3,(H,18,20)/t11-,12-,13-/m1/s1. The molecule has 0 radical (unpaired) electrons. The van der Waals surface area contributed by atoms with Crippen LogP contribution < -0.4 is 5.32 Å². The second-order valence-electron chi connectivity index (χ2n) is 6.23. The molecule has 2 saturated carbocycles. The molecule has 0 aromatic carbocycles. The smallest absolute Gasteiger partial charge is 0.244 e. The molecule has 0 bridgehead atoms. The van der Waals surface area contributed by atoms with E-state index in [1.54, 1.807) is 11.0 Å². The Hall–Kier alpha value is -1.43. The van der Waals surface area contributed by atoms with Crippen molar-refractivity contribution in [2.45, 2.75) is 64.1 Å². The van der Waals surface area contributed by atoms with Crippen LogP contribution in [0.3, 0.4) is 0 Å². The van der Waals surface area contributed by atoms with Gasteiger partial charge >= 0.3 is 0 Å². The van der Waals surface area contributed by atoms with Crippen LogP contribution in [-0.4, -0.2) is 39.4 Å². The lowest BCUT2D eigenvalue weighted by Crippen LogP contribution is -2.64. The van der Waals surface area contributed by atoms with Gasteiger partial charge in [-0.1, -0.05) is 12.8 Å². The lowest BCUT2D eigenvalue weighted by atomic mass is 9.60. The molecule has 3 rings (SSSR count). The van der Waals surface area contributed by atoms with Crippen LogP contribution in [0.2, 0.25) is 0 Å². The van der Waals surface area contributed by atoms with Crippen molar-refractivity contribution in [3.8, 4) is 0 Å². The molecule has 6 nitrogen and oxygen atoms in total. The van der Waals surface area contributed by atoms with Crippen molar-refractivity contribution < 1.29 is 9.53 Å². The number of aromatic nitrogens is 3. The van der Waals surface area contributed by atoms with Gasteiger partial charge in [-0.25, -0.2) is 9.67 Å². The summed E-state index contributed by atoms with van der Waals surface area (Å²) >= 11 is 0. The summed E-state index contributed by atoms with van der Waals surface area (Å²) in [5.74, 6) is 0.0201. The Kier molecular flexibility index (Phi) is 3.97. The van der Waals surface area contributed by atoms with Crippen LogP contribution in [0.1, 0.15) is 52.0 Å². The van der Waals surface area contributed by atoms with Crippen molar-refractivity contribution in [2.75, 3.05) is 6.61 Å². The maximum Gasteiger partial charge on any atom is 0.244 e. The zero-order valence-electron chi connectivity index (χ0n) is 12.8. The van der Waals surface area contributed by atoms with Crippen LogP contribution >= 0.6 is 0 Å². The van der Waals surface area contributed by atoms with Crippen molar-refractivity contribution in [1.29, 1.82) is 0 Å². The third kappa shape index (κ3) is 2.46. The van der Waals surface area contributed by atoms with Crippen LogP contribution in [0.4, 0.5) is 0 Å². The Morgan fingerprint density at radius 3 is 2.90 bits per heavy atom. The van der Waals surface area contributed by atoms with Gasteiger partial charge in [0.15, 0.2) is 0 Å². The van der Waals surface area contributed by atoms with Gasteiger partial charge in [0.25, 0.3) is 0 Å². The molecular formula is C15H24N4O2. The number of ether oxygens (including phenoxy) is 1. The van der Waals surface area contributed by atoms with E-state index in [0.717, 1.165) is 13.0 Å². The maximum absolute atomic E-state index is 12.4. The third-order valence-corrected chi connectivity index (χ3v) is 5.22. The molecule has 3 atom stereocenters. The lowest BCUT2D eigenvalue weighted by Gasteiger charge is -2.54. The van der Waals surface area contributed by atoms with E-state index in [1.165, 1.54) is 32.0 Å². The SMILES string of the molecule is CCO[C@@H]1C[C@@H](NC(=O)[C@@H](C)n2cncn2)C12CCCC2. The van der Waals surface area contributed by atoms with E-state index in [4.69, 9.17) is 4.74 Å². The van der Waals surface area contributed by atoms with Gasteiger partial charge in [-0.05, 0) is 33.1 Å². The lowest BCUT2D eigenvalue weighted by molar-refractivity contribution is -0.146. The van der Waals surface area contributed by atoms with E-state index < -0.39 is 0 Å². The molecule has 1 aromatic rings. The number of hydrogen-bond donors (Lipinski definition) is 1. The molecule has 21 heavy (non-hydrogen) atoms. The highest BCUT2D eigenvalue weighted by atomic mass is 16.5. The number of amides is 1. The van der Waals surface area contributed by atoms with Gasteiger partial charge in [0.2, 0.25) is 5.91 Å². The minimum Gasteiger partial charge on any atom is -0.378 e. The summed E-state index contributed by atoms with van der Waals surface area (Å²) in [5.41, 5.74) is 0.174. The van der Waals surface area contributed by atoms with Crippen molar-refractivity contribution >= 4 is 5.91 Å². The zero-order valence-corrected chi connectivity index (χ0v) is 12.8. The second-order valence-corrected chi connectivity index (χ2v) is 6.23. The number of hydrogen-bond acceptors (Lipinski definition) is 4. The van der Waals surface area contributed by atoms with Crippen LogP contribution in [0.25, 0.3) is 0 Å². The molecule has 1 spiro atoms. The minimum absolute atomic E-state index is 0.0201. The molecule has 116 valence electrons. The molecule has 2 fully saturated rings. The molecular weight excluding hydrogens is 268 g/mol. The molecule has 0 saturated heterocycles. The monoisotopic (exact) mass is 292 g/mol. The molecule has 1 amide bonds. The topological polar surface area (TPSA) is 69.0 Å². The number of nitrogens with zero attached hydrogens (tertiary/aromatic N) is 3. The van der Waals surface area contributed by atoms with Gasteiger partial charge in [0.1, 0.15) is 18.7 Å². The fourth-order valence-electron chi connectivity index (χ4n) is 3.92. The number of nitrogens with one attached hydrogen (secondary N) is 1. The molecule has 2 aliphatic rings. The summed E-state index contributed by atoms with van der Waals surface area (Å²) < 4.78 is 7.47. The summed E-state index contributed by atoms with van der Waals surface area (Å²) in [6.45, 7) is 4.65. The average Bonchev–Trinajstić information content (AvgIpc) is 3.17. The van der Waals surface area contributed by atoms with Crippen LogP contribution in [0, 0.1) is 5.41 Å². The van der Waals surface area contributed by atoms with Crippen LogP contribution in [0.5, 0.6) is 0 Å². The van der Waals surface area contributed by atoms with Gasteiger partial charge in [0.05, 0.1) is 6.10 Å². The molecule has 0 unspecified atom stereocenters. The summed E-state index contributed by atoms with van der Waals surface area (Å²) in [6.07, 6.45) is 9.11. The van der Waals surface area contributed by atoms with Gasteiger partial charge in [-0.15, -0.1) is 0 Å². The Labute approximate surface area is 125 Å². The molecule has 1 heterocycles. The Bertz CT molecular complexity index is 482. The molecule has 0 aliphatic heterocycles. The van der Waals surface area contributed by atoms with Crippen molar-refractivity contribution in [3.63, 3.8) is 0 Å². The quantitative estimate of drug-likeness (QED) is 0.896. The fraction of sp³-hybridized carbons (Fsp3) is 0.800. The minimum atomic E-state index is -0.322. The normalized spacial score (nSPS) is 28.3. The second kappa shape index (κ2) is 5.75. The highest BCUT2D eigenvalue weighted by Crippen LogP contribution is 2.54. The number of carbonyl (C=O) groups is 1. The first-order valence-electron chi connectivity index (χ1n) is 7.93. The first-order valence-corrected chi connectivity index (χ1v) is 7.93. The first kappa shape index (κ1) is 14.5. The van der Waals surface area contributed by atoms with E-state index in [0.29, 0.717) is 6.10 Å². The predicted molar refractivity (Wildman–Crippen MR) is 77.6 cm³/mol. The van der Waals surface area contributed by atoms with Crippen molar-refractivity contribution in [1.82, 2.24) is 20.1 Å². The highest BCUT2D eigenvalue weighted by Gasteiger charge is 2.57. The van der Waals surface area contributed by atoms with Crippen molar-refractivity contribution in [2.24, 2.45) is 5.41 Å². The summed E-state index contributed by atoms with van der Waals surface area (Å²) in [5, 5.41) is 7.26. The van der Waals surface area contributed by atoms with E-state index >= 15 is 0 Å². The van der Waals surface area contributed by atoms with Gasteiger partial charge in [0, 0.05) is 18.1 Å².